The summed E-state index contributed by atoms with van der Waals surface area (Å²) in [5.74, 6) is 2.02. The SMILES string of the molecule is C#CC[C@@H](CC(=O)OC(C)(C)C)c1nc2cccnc2c(=O)n1Nc1ccccc1. The molecule has 3 aromatic rings. The first kappa shape index (κ1) is 21.1. The molecule has 154 valence electrons. The topological polar surface area (TPSA) is 86.1 Å². The molecular weight excluding hydrogens is 380 g/mol. The van der Waals surface area contributed by atoms with E-state index < -0.39 is 17.5 Å². The van der Waals surface area contributed by atoms with Crippen molar-refractivity contribution in [3.05, 3.63) is 64.8 Å². The van der Waals surface area contributed by atoms with Crippen LogP contribution in [0.15, 0.2) is 53.5 Å². The van der Waals surface area contributed by atoms with Crippen LogP contribution in [0.3, 0.4) is 0 Å². The van der Waals surface area contributed by atoms with Crippen molar-refractivity contribution in [1.29, 1.82) is 0 Å². The summed E-state index contributed by atoms with van der Waals surface area (Å²) >= 11 is 0. The van der Waals surface area contributed by atoms with E-state index in [0.29, 0.717) is 17.0 Å². The number of benzene rings is 1. The summed E-state index contributed by atoms with van der Waals surface area (Å²) in [5.41, 5.74) is 3.43. The number of hydrogen-bond donors (Lipinski definition) is 1. The lowest BCUT2D eigenvalue weighted by atomic mass is 10.00. The zero-order chi connectivity index (χ0) is 21.7. The summed E-state index contributed by atoms with van der Waals surface area (Å²) in [6, 6.07) is 12.6. The largest absolute Gasteiger partial charge is 0.460 e. The van der Waals surface area contributed by atoms with E-state index in [4.69, 9.17) is 11.2 Å². The highest BCUT2D eigenvalue weighted by Crippen LogP contribution is 2.24. The zero-order valence-corrected chi connectivity index (χ0v) is 17.3. The van der Waals surface area contributed by atoms with E-state index >= 15 is 0 Å². The number of aromatic nitrogens is 3. The lowest BCUT2D eigenvalue weighted by Crippen LogP contribution is -2.33. The van der Waals surface area contributed by atoms with Crippen molar-refractivity contribution in [3.63, 3.8) is 0 Å². The van der Waals surface area contributed by atoms with Gasteiger partial charge < -0.3 is 4.74 Å². The highest BCUT2D eigenvalue weighted by atomic mass is 16.6. The molecule has 1 N–H and O–H groups in total. The maximum absolute atomic E-state index is 13.2. The monoisotopic (exact) mass is 404 g/mol. The number of nitrogens with one attached hydrogen (secondary N) is 1. The van der Waals surface area contributed by atoms with Crippen molar-refractivity contribution in [2.75, 3.05) is 5.43 Å². The molecule has 2 heterocycles. The number of carbonyl (C=O) groups is 1. The molecular formula is C23H24N4O3. The molecule has 1 atom stereocenters. The van der Waals surface area contributed by atoms with Crippen LogP contribution in [-0.4, -0.2) is 26.2 Å². The summed E-state index contributed by atoms with van der Waals surface area (Å²) in [7, 11) is 0. The van der Waals surface area contributed by atoms with Crippen LogP contribution in [0.1, 0.15) is 45.4 Å². The number of ether oxygens (including phenoxy) is 1. The molecule has 0 amide bonds. The molecule has 2 aromatic heterocycles. The van der Waals surface area contributed by atoms with Crippen molar-refractivity contribution in [1.82, 2.24) is 14.6 Å². The first-order valence-corrected chi connectivity index (χ1v) is 9.63. The maximum atomic E-state index is 13.2. The number of pyridine rings is 1. The predicted molar refractivity (Wildman–Crippen MR) is 116 cm³/mol. The Kier molecular flexibility index (Phi) is 6.17. The lowest BCUT2D eigenvalue weighted by Gasteiger charge is -2.23. The van der Waals surface area contributed by atoms with Gasteiger partial charge in [0.1, 0.15) is 11.4 Å². The standard InChI is InChI=1S/C23H24N4O3/c1-5-10-16(15-19(28)30-23(2,3)4)21-25-18-13-9-14-24-20(18)22(29)27(21)26-17-11-7-6-8-12-17/h1,6-9,11-14,16,26H,10,15H2,2-4H3/t16-/m0/s1. The van der Waals surface area contributed by atoms with Crippen LogP contribution in [0.5, 0.6) is 0 Å². The van der Waals surface area contributed by atoms with E-state index in [1.165, 1.54) is 10.9 Å². The van der Waals surface area contributed by atoms with E-state index in [9.17, 15) is 9.59 Å². The molecule has 30 heavy (non-hydrogen) atoms. The van der Waals surface area contributed by atoms with E-state index in [-0.39, 0.29) is 23.9 Å². The molecule has 0 saturated carbocycles. The minimum Gasteiger partial charge on any atom is -0.460 e. The molecule has 0 radical (unpaired) electrons. The van der Waals surface area contributed by atoms with Gasteiger partial charge in [0.25, 0.3) is 5.56 Å². The number of para-hydroxylation sites is 1. The molecule has 3 rings (SSSR count). The minimum absolute atomic E-state index is 0.00382. The van der Waals surface area contributed by atoms with E-state index in [1.807, 2.05) is 30.3 Å². The van der Waals surface area contributed by atoms with Crippen LogP contribution in [0, 0.1) is 12.3 Å². The molecule has 7 nitrogen and oxygen atoms in total. The molecule has 0 aliphatic rings. The van der Waals surface area contributed by atoms with E-state index in [1.54, 1.807) is 32.9 Å². The first-order valence-electron chi connectivity index (χ1n) is 9.63. The molecule has 0 saturated heterocycles. The Morgan fingerprint density at radius 1 is 1.23 bits per heavy atom. The number of rotatable bonds is 6. The predicted octanol–water partition coefficient (Wildman–Crippen LogP) is 3.51. The van der Waals surface area contributed by atoms with Gasteiger partial charge in [-0.1, -0.05) is 18.2 Å². The average Bonchev–Trinajstić information content (AvgIpc) is 2.69. The smallest absolute Gasteiger partial charge is 0.307 e. The van der Waals surface area contributed by atoms with Crippen LogP contribution in [0.4, 0.5) is 5.69 Å². The minimum atomic E-state index is -0.625. The van der Waals surface area contributed by atoms with Gasteiger partial charge in [0.15, 0.2) is 5.52 Å². The summed E-state index contributed by atoms with van der Waals surface area (Å²) in [5, 5.41) is 0. The van der Waals surface area contributed by atoms with Crippen LogP contribution in [0.25, 0.3) is 11.0 Å². The fourth-order valence-corrected chi connectivity index (χ4v) is 3.04. The fraction of sp³-hybridized carbons (Fsp3) is 0.304. The van der Waals surface area contributed by atoms with Crippen molar-refractivity contribution >= 4 is 22.7 Å². The highest BCUT2D eigenvalue weighted by Gasteiger charge is 2.26. The summed E-state index contributed by atoms with van der Waals surface area (Å²) in [6.07, 6.45) is 7.32. The van der Waals surface area contributed by atoms with Crippen LogP contribution >= 0.6 is 0 Å². The number of carbonyl (C=O) groups excluding carboxylic acids is 1. The zero-order valence-electron chi connectivity index (χ0n) is 17.3. The first-order chi connectivity index (χ1) is 14.3. The number of anilines is 1. The highest BCUT2D eigenvalue weighted by molar-refractivity contribution is 5.74. The Morgan fingerprint density at radius 2 is 1.97 bits per heavy atom. The van der Waals surface area contributed by atoms with Gasteiger partial charge in [0.05, 0.1) is 17.6 Å². The van der Waals surface area contributed by atoms with Gasteiger partial charge in [-0.15, -0.1) is 12.3 Å². The van der Waals surface area contributed by atoms with Gasteiger partial charge in [-0.05, 0) is 45.0 Å². The van der Waals surface area contributed by atoms with Crippen molar-refractivity contribution in [3.8, 4) is 12.3 Å². The number of fused-ring (bicyclic) bond motifs is 1. The summed E-state index contributed by atoms with van der Waals surface area (Å²) < 4.78 is 6.77. The molecule has 1 aromatic carbocycles. The Bertz CT molecular complexity index is 1140. The Morgan fingerprint density at radius 3 is 2.63 bits per heavy atom. The number of esters is 1. The summed E-state index contributed by atoms with van der Waals surface area (Å²) in [4.78, 5) is 34.5. The van der Waals surface area contributed by atoms with Crippen molar-refractivity contribution in [2.45, 2.75) is 45.1 Å². The van der Waals surface area contributed by atoms with Crippen molar-refractivity contribution in [2.24, 2.45) is 0 Å². The third-order valence-corrected chi connectivity index (χ3v) is 4.23. The third-order valence-electron chi connectivity index (χ3n) is 4.23. The van der Waals surface area contributed by atoms with E-state index in [2.05, 4.69) is 21.3 Å². The second-order valence-corrected chi connectivity index (χ2v) is 7.86. The van der Waals surface area contributed by atoms with Gasteiger partial charge in [0, 0.05) is 18.5 Å². The van der Waals surface area contributed by atoms with Crippen LogP contribution < -0.4 is 11.0 Å². The Labute approximate surface area is 175 Å². The van der Waals surface area contributed by atoms with Gasteiger partial charge in [-0.25, -0.2) is 14.6 Å². The van der Waals surface area contributed by atoms with Crippen molar-refractivity contribution < 1.29 is 9.53 Å². The van der Waals surface area contributed by atoms with Crippen LogP contribution in [0.2, 0.25) is 0 Å². The molecule has 0 bridgehead atoms. The number of nitrogens with zero attached hydrogens (tertiary/aromatic N) is 3. The molecule has 7 heteroatoms. The lowest BCUT2D eigenvalue weighted by molar-refractivity contribution is -0.155. The third kappa shape index (κ3) is 5.03. The molecule has 0 aliphatic carbocycles. The number of terminal acetylenes is 1. The van der Waals surface area contributed by atoms with Gasteiger partial charge >= 0.3 is 5.97 Å². The van der Waals surface area contributed by atoms with Gasteiger partial charge in [-0.3, -0.25) is 15.0 Å². The molecule has 0 unspecified atom stereocenters. The van der Waals surface area contributed by atoms with Gasteiger partial charge in [0.2, 0.25) is 0 Å². The van der Waals surface area contributed by atoms with E-state index in [0.717, 1.165) is 0 Å². The van der Waals surface area contributed by atoms with Gasteiger partial charge in [-0.2, -0.15) is 0 Å². The maximum Gasteiger partial charge on any atom is 0.307 e. The quantitative estimate of drug-likeness (QED) is 0.500. The average molecular weight is 404 g/mol. The second-order valence-electron chi connectivity index (χ2n) is 7.86. The molecule has 0 spiro atoms. The normalized spacial score (nSPS) is 12.2. The second kappa shape index (κ2) is 8.78. The molecule has 0 aliphatic heterocycles. The Hall–Kier alpha value is -3.66. The Balaban J connectivity index is 2.10. The van der Waals surface area contributed by atoms with Crippen LogP contribution in [-0.2, 0) is 9.53 Å². The summed E-state index contributed by atoms with van der Waals surface area (Å²) in [6.45, 7) is 5.40. The fourth-order valence-electron chi connectivity index (χ4n) is 3.04. The number of hydrogen-bond acceptors (Lipinski definition) is 6. The molecule has 0 fully saturated rings.